The molecule has 2 N–H and O–H groups in total. The van der Waals surface area contributed by atoms with E-state index in [-0.39, 0.29) is 0 Å². The summed E-state index contributed by atoms with van der Waals surface area (Å²) in [6, 6.07) is 11.0. The molecular weight excluding hydrogens is 414 g/mol. The molecule has 170 valence electrons. The average Bonchev–Trinajstić information content (AvgIpc) is 3.65. The highest BCUT2D eigenvalue weighted by atomic mass is 16.3. The predicted octanol–water partition coefficient (Wildman–Crippen LogP) is 4.22. The minimum absolute atomic E-state index is 0.490. The van der Waals surface area contributed by atoms with Crippen LogP contribution in [0.5, 0.6) is 0 Å². The molecule has 0 bridgehead atoms. The third kappa shape index (κ3) is 4.06. The number of hydrogen-bond acceptors (Lipinski definition) is 7. The Kier molecular flexibility index (Phi) is 5.43. The first-order valence-corrected chi connectivity index (χ1v) is 11.9. The molecule has 8 heteroatoms. The van der Waals surface area contributed by atoms with Crippen molar-refractivity contribution in [2.45, 2.75) is 38.3 Å². The fourth-order valence-electron chi connectivity index (χ4n) is 4.91. The van der Waals surface area contributed by atoms with Gasteiger partial charge in [-0.05, 0) is 30.0 Å². The quantitative estimate of drug-likeness (QED) is 0.461. The number of aromatic nitrogens is 4. The summed E-state index contributed by atoms with van der Waals surface area (Å²) in [5.74, 6) is 1.60. The molecule has 0 unspecified atom stereocenters. The number of benzene rings is 1. The van der Waals surface area contributed by atoms with Crippen molar-refractivity contribution in [3.05, 3.63) is 54.7 Å². The fourth-order valence-corrected chi connectivity index (χ4v) is 4.91. The summed E-state index contributed by atoms with van der Waals surface area (Å²) in [4.78, 5) is 16.9. The molecule has 6 rings (SSSR count). The van der Waals surface area contributed by atoms with E-state index in [1.165, 1.54) is 31.2 Å². The van der Waals surface area contributed by atoms with E-state index >= 15 is 0 Å². The van der Waals surface area contributed by atoms with Crippen LogP contribution in [0.1, 0.15) is 37.3 Å². The van der Waals surface area contributed by atoms with Crippen LogP contribution in [-0.4, -0.2) is 45.7 Å². The van der Waals surface area contributed by atoms with Gasteiger partial charge < -0.3 is 24.5 Å². The molecule has 0 atom stereocenters. The number of fused-ring (bicyclic) bond motifs is 1. The van der Waals surface area contributed by atoms with Crippen LogP contribution in [0.25, 0.3) is 22.3 Å². The van der Waals surface area contributed by atoms with E-state index in [0.717, 1.165) is 60.2 Å². The van der Waals surface area contributed by atoms with Gasteiger partial charge in [-0.1, -0.05) is 37.1 Å². The van der Waals surface area contributed by atoms with Crippen LogP contribution in [0.2, 0.25) is 0 Å². The summed E-state index contributed by atoms with van der Waals surface area (Å²) in [5, 5.41) is 6.97. The number of imidazole rings is 1. The molecule has 1 aromatic carbocycles. The summed E-state index contributed by atoms with van der Waals surface area (Å²) in [6.45, 7) is 4.41. The maximum Gasteiger partial charge on any atom is 0.229 e. The van der Waals surface area contributed by atoms with E-state index in [1.807, 2.05) is 12.4 Å². The molecule has 33 heavy (non-hydrogen) atoms. The van der Waals surface area contributed by atoms with Gasteiger partial charge in [-0.2, -0.15) is 9.97 Å². The van der Waals surface area contributed by atoms with Crippen molar-refractivity contribution < 1.29 is 4.42 Å². The summed E-state index contributed by atoms with van der Waals surface area (Å²) in [5.41, 5.74) is 5.23. The molecule has 1 aliphatic carbocycles. The Labute approximate surface area is 193 Å². The lowest BCUT2D eigenvalue weighted by Crippen LogP contribution is -2.44. The minimum atomic E-state index is 0.490. The third-order valence-electron chi connectivity index (χ3n) is 6.80. The molecule has 8 nitrogen and oxygen atoms in total. The molecular formula is C25H29N7O. The van der Waals surface area contributed by atoms with Crippen LogP contribution >= 0.6 is 0 Å². The van der Waals surface area contributed by atoms with Gasteiger partial charge in [0.05, 0.1) is 18.9 Å². The first-order chi connectivity index (χ1) is 16.3. The first-order valence-electron chi connectivity index (χ1n) is 11.9. The Bertz CT molecular complexity index is 1200. The number of nitrogens with zero attached hydrogens (tertiary/aromatic N) is 5. The molecule has 3 aromatic heterocycles. The van der Waals surface area contributed by atoms with E-state index in [2.05, 4.69) is 44.4 Å². The van der Waals surface area contributed by atoms with Gasteiger partial charge >= 0.3 is 0 Å². The van der Waals surface area contributed by atoms with Crippen molar-refractivity contribution in [3.63, 3.8) is 0 Å². The summed E-state index contributed by atoms with van der Waals surface area (Å²) >= 11 is 0. The number of hydrogen-bond donors (Lipinski definition) is 2. The lowest BCUT2D eigenvalue weighted by Gasteiger charge is -2.27. The van der Waals surface area contributed by atoms with Crippen LogP contribution < -0.4 is 15.5 Å². The van der Waals surface area contributed by atoms with E-state index in [9.17, 15) is 0 Å². The zero-order valence-electron chi connectivity index (χ0n) is 18.7. The lowest BCUT2D eigenvalue weighted by atomic mass is 10.1. The van der Waals surface area contributed by atoms with Crippen molar-refractivity contribution in [1.29, 1.82) is 0 Å². The van der Waals surface area contributed by atoms with E-state index < -0.39 is 0 Å². The van der Waals surface area contributed by atoms with Crippen molar-refractivity contribution in [2.24, 2.45) is 0 Å². The van der Waals surface area contributed by atoms with Crippen LogP contribution in [0.15, 0.2) is 53.6 Å². The molecule has 0 spiro atoms. The standard InChI is InChI=1S/C25H29N7O/c1-2-4-21(3-1)32-17-28-22-23(29-25(30-24(22)32)31-12-10-26-11-13-31)27-15-18-5-7-19(8-6-18)20-9-14-33-16-20/h5-9,14,16-17,21,26H,1-4,10-13,15H2,(H,27,29,30). The molecule has 0 amide bonds. The Hall–Kier alpha value is -3.39. The largest absolute Gasteiger partial charge is 0.472 e. The third-order valence-corrected chi connectivity index (χ3v) is 6.80. The first kappa shape index (κ1) is 20.2. The second kappa shape index (κ2) is 8.86. The molecule has 0 radical (unpaired) electrons. The van der Waals surface area contributed by atoms with Gasteiger partial charge in [-0.3, -0.25) is 0 Å². The molecule has 1 saturated carbocycles. The predicted molar refractivity (Wildman–Crippen MR) is 129 cm³/mol. The topological polar surface area (TPSA) is 84.0 Å². The Morgan fingerprint density at radius 2 is 1.82 bits per heavy atom. The van der Waals surface area contributed by atoms with E-state index in [1.54, 1.807) is 12.5 Å². The highest BCUT2D eigenvalue weighted by Gasteiger charge is 2.23. The number of nitrogens with one attached hydrogen (secondary N) is 2. The highest BCUT2D eigenvalue weighted by molar-refractivity contribution is 5.84. The van der Waals surface area contributed by atoms with Crippen LogP contribution in [0.4, 0.5) is 11.8 Å². The second-order valence-electron chi connectivity index (χ2n) is 8.93. The van der Waals surface area contributed by atoms with E-state index in [4.69, 9.17) is 19.4 Å². The zero-order chi connectivity index (χ0) is 22.0. The number of rotatable bonds is 6. The smallest absolute Gasteiger partial charge is 0.229 e. The van der Waals surface area contributed by atoms with Crippen LogP contribution in [0, 0.1) is 0 Å². The van der Waals surface area contributed by atoms with Crippen LogP contribution in [0.3, 0.4) is 0 Å². The van der Waals surface area contributed by atoms with Crippen LogP contribution in [-0.2, 0) is 6.54 Å². The van der Waals surface area contributed by atoms with Gasteiger partial charge in [-0.25, -0.2) is 4.98 Å². The number of piperazine rings is 1. The Balaban J connectivity index is 1.29. The van der Waals surface area contributed by atoms with Gasteiger partial charge in [0.2, 0.25) is 5.95 Å². The Morgan fingerprint density at radius 1 is 1.00 bits per heavy atom. The summed E-state index contributed by atoms with van der Waals surface area (Å²) in [6.07, 6.45) is 10.4. The number of anilines is 2. The van der Waals surface area contributed by atoms with Gasteiger partial charge in [0.15, 0.2) is 17.0 Å². The minimum Gasteiger partial charge on any atom is -0.472 e. The maximum absolute atomic E-state index is 5.20. The molecule has 1 aliphatic heterocycles. The maximum atomic E-state index is 5.20. The summed E-state index contributed by atoms with van der Waals surface area (Å²) < 4.78 is 7.48. The van der Waals surface area contributed by atoms with E-state index in [0.29, 0.717) is 12.6 Å². The fraction of sp³-hybridized carbons (Fsp3) is 0.400. The van der Waals surface area contributed by atoms with Crippen molar-refractivity contribution >= 4 is 22.9 Å². The zero-order valence-corrected chi connectivity index (χ0v) is 18.7. The Morgan fingerprint density at radius 3 is 2.58 bits per heavy atom. The molecule has 4 aromatic rings. The monoisotopic (exact) mass is 443 g/mol. The molecule has 1 saturated heterocycles. The highest BCUT2D eigenvalue weighted by Crippen LogP contribution is 2.33. The number of furan rings is 1. The van der Waals surface area contributed by atoms with Gasteiger partial charge in [-0.15, -0.1) is 0 Å². The average molecular weight is 444 g/mol. The van der Waals surface area contributed by atoms with Crippen molar-refractivity contribution in [3.8, 4) is 11.1 Å². The molecule has 2 aliphatic rings. The van der Waals surface area contributed by atoms with Gasteiger partial charge in [0.1, 0.15) is 0 Å². The SMILES string of the molecule is c1cc(-c2ccc(CNc3nc(N4CCNCC4)nc4c3ncn4C3CCCC3)cc2)co1. The molecule has 2 fully saturated rings. The van der Waals surface area contributed by atoms with Gasteiger partial charge in [0.25, 0.3) is 0 Å². The lowest BCUT2D eigenvalue weighted by molar-refractivity contribution is 0.528. The normalized spacial score (nSPS) is 17.2. The van der Waals surface area contributed by atoms with Crippen molar-refractivity contribution in [1.82, 2.24) is 24.8 Å². The molecule has 4 heterocycles. The summed E-state index contributed by atoms with van der Waals surface area (Å²) in [7, 11) is 0. The van der Waals surface area contributed by atoms with Gasteiger partial charge in [0, 0.05) is 44.3 Å². The van der Waals surface area contributed by atoms with Crippen molar-refractivity contribution in [2.75, 3.05) is 36.4 Å². The second-order valence-corrected chi connectivity index (χ2v) is 8.93.